The zero-order chi connectivity index (χ0) is 22.2. The van der Waals surface area contributed by atoms with E-state index in [1.807, 2.05) is 47.8 Å². The molecule has 0 radical (unpaired) electrons. The standard InChI is InChI=1S/C25H18N2O4S/c1-2-31-25(30)21-19(18-13-8-14-32-18)22(27(26-21)15-9-4-3-5-10-15)20-23(28)16-11-6-7-12-17(16)24(20)29/h3-14,19H,2H2,1H3/t19-/m0/s1. The monoisotopic (exact) mass is 442 g/mol. The van der Waals surface area contributed by atoms with Gasteiger partial charge in [0.25, 0.3) is 0 Å². The van der Waals surface area contributed by atoms with Crippen LogP contribution in [-0.4, -0.2) is 29.9 Å². The maximum absolute atomic E-state index is 13.4. The third kappa shape index (κ3) is 3.09. The number of hydrazone groups is 1. The van der Waals surface area contributed by atoms with Gasteiger partial charge in [-0.15, -0.1) is 11.3 Å². The number of carbonyl (C=O) groups excluding carboxylic acids is 3. The van der Waals surface area contributed by atoms with E-state index in [9.17, 15) is 14.4 Å². The first-order valence-electron chi connectivity index (χ1n) is 10.2. The van der Waals surface area contributed by atoms with Gasteiger partial charge in [-0.3, -0.25) is 9.59 Å². The number of benzene rings is 2. The Kier molecular flexibility index (Phi) is 5.03. The average molecular weight is 442 g/mol. The third-order valence-corrected chi connectivity index (χ3v) is 6.36. The SMILES string of the molecule is CCOC(=O)C1=NN(c2ccccc2)C(=C2C(=O)c3ccccc3C2=O)[C@H]1c1cccs1. The smallest absolute Gasteiger partial charge is 0.355 e. The molecule has 1 aromatic heterocycles. The number of ketones is 2. The van der Waals surface area contributed by atoms with Gasteiger partial charge in [0.1, 0.15) is 0 Å². The topological polar surface area (TPSA) is 76.0 Å². The van der Waals surface area contributed by atoms with Crippen LogP contribution >= 0.6 is 11.3 Å². The molecule has 7 heteroatoms. The highest BCUT2D eigenvalue weighted by molar-refractivity contribution is 7.10. The van der Waals surface area contributed by atoms with Gasteiger partial charge in [-0.25, -0.2) is 9.80 Å². The number of carbonyl (C=O) groups is 3. The van der Waals surface area contributed by atoms with Crippen molar-refractivity contribution >= 4 is 40.3 Å². The van der Waals surface area contributed by atoms with Gasteiger partial charge >= 0.3 is 5.97 Å². The van der Waals surface area contributed by atoms with E-state index < -0.39 is 11.9 Å². The number of para-hydroxylation sites is 1. The lowest BCUT2D eigenvalue weighted by Crippen LogP contribution is -2.25. The van der Waals surface area contributed by atoms with Crippen molar-refractivity contribution in [2.45, 2.75) is 12.8 Å². The summed E-state index contributed by atoms with van der Waals surface area (Å²) in [5.74, 6) is -1.98. The number of nitrogens with zero attached hydrogens (tertiary/aromatic N) is 2. The van der Waals surface area contributed by atoms with Gasteiger partial charge < -0.3 is 4.74 Å². The van der Waals surface area contributed by atoms with Crippen LogP contribution in [0.25, 0.3) is 0 Å². The molecule has 1 aliphatic heterocycles. The first-order chi connectivity index (χ1) is 15.6. The van der Waals surface area contributed by atoms with Crippen LogP contribution in [0.2, 0.25) is 0 Å². The number of hydrogen-bond donors (Lipinski definition) is 0. The highest BCUT2D eigenvalue weighted by Gasteiger charge is 2.46. The lowest BCUT2D eigenvalue weighted by atomic mass is 9.92. The number of rotatable bonds is 4. The second kappa shape index (κ2) is 8.01. The van der Waals surface area contributed by atoms with Crippen LogP contribution in [-0.2, 0) is 9.53 Å². The summed E-state index contributed by atoms with van der Waals surface area (Å²) in [5, 5.41) is 8.01. The second-order valence-corrected chi connectivity index (χ2v) is 8.24. The summed E-state index contributed by atoms with van der Waals surface area (Å²) in [6.07, 6.45) is 0. The Bertz CT molecular complexity index is 1260. The van der Waals surface area contributed by atoms with E-state index in [0.717, 1.165) is 4.88 Å². The Morgan fingerprint density at radius 2 is 1.62 bits per heavy atom. The largest absolute Gasteiger partial charge is 0.461 e. The number of ether oxygens (including phenoxy) is 1. The van der Waals surface area contributed by atoms with E-state index in [4.69, 9.17) is 4.74 Å². The number of allylic oxidation sites excluding steroid dienone is 2. The Balaban J connectivity index is 1.78. The van der Waals surface area contributed by atoms with Gasteiger partial charge in [-0.1, -0.05) is 48.5 Å². The highest BCUT2D eigenvalue weighted by atomic mass is 32.1. The predicted molar refractivity (Wildman–Crippen MR) is 122 cm³/mol. The van der Waals surface area contributed by atoms with E-state index in [0.29, 0.717) is 22.5 Å². The Labute approximate surface area is 188 Å². The minimum Gasteiger partial charge on any atom is -0.461 e. The molecular formula is C25H18N2O4S. The van der Waals surface area contributed by atoms with Gasteiger partial charge in [0, 0.05) is 16.0 Å². The molecule has 0 unspecified atom stereocenters. The molecule has 5 rings (SSSR count). The fourth-order valence-electron chi connectivity index (χ4n) is 4.06. The fraction of sp³-hybridized carbons (Fsp3) is 0.120. The van der Waals surface area contributed by atoms with E-state index in [1.54, 1.807) is 31.2 Å². The Morgan fingerprint density at radius 1 is 0.969 bits per heavy atom. The average Bonchev–Trinajstić information content (AvgIpc) is 3.52. The molecule has 0 amide bonds. The summed E-state index contributed by atoms with van der Waals surface area (Å²) < 4.78 is 5.28. The summed E-state index contributed by atoms with van der Waals surface area (Å²) in [7, 11) is 0. The lowest BCUT2D eigenvalue weighted by molar-refractivity contribution is -0.135. The number of anilines is 1. The molecule has 0 saturated carbocycles. The van der Waals surface area contributed by atoms with Crippen molar-refractivity contribution in [1.82, 2.24) is 0 Å². The van der Waals surface area contributed by atoms with Crippen molar-refractivity contribution in [1.29, 1.82) is 0 Å². The van der Waals surface area contributed by atoms with Crippen molar-refractivity contribution in [3.63, 3.8) is 0 Å². The lowest BCUT2D eigenvalue weighted by Gasteiger charge is -2.21. The molecule has 0 N–H and O–H groups in total. The van der Waals surface area contributed by atoms with Gasteiger partial charge in [0.05, 0.1) is 29.5 Å². The molecule has 0 saturated heterocycles. The van der Waals surface area contributed by atoms with Crippen LogP contribution in [0, 0.1) is 0 Å². The predicted octanol–water partition coefficient (Wildman–Crippen LogP) is 4.60. The molecular weight excluding hydrogens is 424 g/mol. The maximum atomic E-state index is 13.4. The van der Waals surface area contributed by atoms with Gasteiger partial charge in [0.2, 0.25) is 0 Å². The highest BCUT2D eigenvalue weighted by Crippen LogP contribution is 2.44. The summed E-state index contributed by atoms with van der Waals surface area (Å²) >= 11 is 1.43. The summed E-state index contributed by atoms with van der Waals surface area (Å²) in [6, 6.07) is 19.7. The fourth-order valence-corrected chi connectivity index (χ4v) is 4.89. The minimum atomic E-state index is -0.688. The molecule has 2 aromatic carbocycles. The van der Waals surface area contributed by atoms with Crippen molar-refractivity contribution in [2.24, 2.45) is 5.10 Å². The molecule has 0 fully saturated rings. The first kappa shape index (κ1) is 20.1. The number of hydrogen-bond acceptors (Lipinski definition) is 7. The number of Topliss-reactive ketones (excluding diaryl/α,β-unsaturated/α-hetero) is 2. The molecule has 1 aliphatic carbocycles. The zero-order valence-electron chi connectivity index (χ0n) is 17.1. The molecule has 0 spiro atoms. The quantitative estimate of drug-likeness (QED) is 0.335. The van der Waals surface area contributed by atoms with Crippen LogP contribution in [0.3, 0.4) is 0 Å². The third-order valence-electron chi connectivity index (χ3n) is 5.42. The molecule has 32 heavy (non-hydrogen) atoms. The minimum absolute atomic E-state index is 0.0384. The van der Waals surface area contributed by atoms with Gasteiger partial charge in [-0.05, 0) is 30.5 Å². The molecule has 0 bridgehead atoms. The number of fused-ring (bicyclic) bond motifs is 1. The van der Waals surface area contributed by atoms with Crippen LogP contribution in [0.15, 0.2) is 88.5 Å². The van der Waals surface area contributed by atoms with Crippen LogP contribution < -0.4 is 5.01 Å². The zero-order valence-corrected chi connectivity index (χ0v) is 18.0. The Morgan fingerprint density at radius 3 is 2.22 bits per heavy atom. The summed E-state index contributed by atoms with van der Waals surface area (Å²) in [6.45, 7) is 1.91. The molecule has 6 nitrogen and oxygen atoms in total. The van der Waals surface area contributed by atoms with Gasteiger partial charge in [-0.2, -0.15) is 5.10 Å². The maximum Gasteiger partial charge on any atom is 0.355 e. The van der Waals surface area contributed by atoms with Crippen LogP contribution in [0.1, 0.15) is 38.4 Å². The normalized spacial score (nSPS) is 17.6. The number of esters is 1. The van der Waals surface area contributed by atoms with Crippen molar-refractivity contribution in [3.8, 4) is 0 Å². The van der Waals surface area contributed by atoms with Gasteiger partial charge in [0.15, 0.2) is 17.3 Å². The Hall–Kier alpha value is -3.84. The first-order valence-corrected chi connectivity index (χ1v) is 11.1. The summed E-state index contributed by atoms with van der Waals surface area (Å²) in [5.41, 5.74) is 1.94. The molecule has 1 atom stereocenters. The van der Waals surface area contributed by atoms with E-state index in [2.05, 4.69) is 5.10 Å². The van der Waals surface area contributed by atoms with Crippen molar-refractivity contribution < 1.29 is 19.1 Å². The molecule has 3 aromatic rings. The van der Waals surface area contributed by atoms with Crippen molar-refractivity contribution in [3.05, 3.63) is 99.4 Å². The molecule has 2 heterocycles. The summed E-state index contributed by atoms with van der Waals surface area (Å²) in [4.78, 5) is 40.5. The number of thiophene rings is 1. The van der Waals surface area contributed by atoms with E-state index in [-0.39, 0.29) is 29.5 Å². The van der Waals surface area contributed by atoms with E-state index in [1.165, 1.54) is 16.3 Å². The second-order valence-electron chi connectivity index (χ2n) is 7.27. The molecule has 2 aliphatic rings. The van der Waals surface area contributed by atoms with E-state index >= 15 is 0 Å². The van der Waals surface area contributed by atoms with Crippen molar-refractivity contribution in [2.75, 3.05) is 11.6 Å². The molecule has 158 valence electrons. The van der Waals surface area contributed by atoms with Crippen LogP contribution in [0.5, 0.6) is 0 Å². The van der Waals surface area contributed by atoms with Crippen LogP contribution in [0.4, 0.5) is 5.69 Å².